The van der Waals surface area contributed by atoms with Gasteiger partial charge in [0.05, 0.1) is 6.54 Å². The van der Waals surface area contributed by atoms with E-state index in [4.69, 9.17) is 5.73 Å². The van der Waals surface area contributed by atoms with Crippen LogP contribution >= 0.6 is 15.9 Å². The highest BCUT2D eigenvalue weighted by Crippen LogP contribution is 2.19. The van der Waals surface area contributed by atoms with Crippen molar-refractivity contribution in [1.29, 1.82) is 0 Å². The second kappa shape index (κ2) is 9.14. The maximum absolute atomic E-state index is 12.7. The van der Waals surface area contributed by atoms with Crippen LogP contribution in [0.5, 0.6) is 0 Å². The van der Waals surface area contributed by atoms with Gasteiger partial charge in [0.2, 0.25) is 0 Å². The Kier molecular flexibility index (Phi) is 7.15. The summed E-state index contributed by atoms with van der Waals surface area (Å²) in [4.78, 5) is 37.4. The zero-order chi connectivity index (χ0) is 20.1. The number of hydrogen-bond donors (Lipinski definition) is 2. The first-order valence-corrected chi connectivity index (χ1v) is 9.72. The van der Waals surface area contributed by atoms with Crippen LogP contribution in [0.25, 0.3) is 0 Å². The standard InChI is InChI=1S/C19H25BrN4O3/c1-4-10-24-17(21)16(18(26)23(3)19(24)27)15(25)11-22-14(5-2)12-6-8-13(20)9-7-12/h6-9,14,22H,4-5,10-11,21H2,1-3H3/t14-/m1/s1. The summed E-state index contributed by atoms with van der Waals surface area (Å²) in [6.07, 6.45) is 1.44. The highest BCUT2D eigenvalue weighted by atomic mass is 79.9. The Bertz CT molecular complexity index is 932. The quantitative estimate of drug-likeness (QED) is 0.618. The number of rotatable bonds is 8. The summed E-state index contributed by atoms with van der Waals surface area (Å²) in [6, 6.07) is 7.80. The van der Waals surface area contributed by atoms with Crippen LogP contribution in [-0.4, -0.2) is 21.5 Å². The van der Waals surface area contributed by atoms with Crippen LogP contribution in [0.15, 0.2) is 38.3 Å². The van der Waals surface area contributed by atoms with Gasteiger partial charge in [-0.2, -0.15) is 0 Å². The second-order valence-electron chi connectivity index (χ2n) is 6.38. The fourth-order valence-corrected chi connectivity index (χ4v) is 3.25. The number of nitrogens with one attached hydrogen (secondary N) is 1. The zero-order valence-electron chi connectivity index (χ0n) is 15.8. The number of ketones is 1. The molecule has 8 heteroatoms. The van der Waals surface area contributed by atoms with Crippen molar-refractivity contribution in [2.75, 3.05) is 12.3 Å². The van der Waals surface area contributed by atoms with Gasteiger partial charge >= 0.3 is 5.69 Å². The lowest BCUT2D eigenvalue weighted by molar-refractivity contribution is 0.0985. The molecule has 0 saturated carbocycles. The molecule has 0 fully saturated rings. The molecule has 0 bridgehead atoms. The summed E-state index contributed by atoms with van der Waals surface area (Å²) in [7, 11) is 1.36. The summed E-state index contributed by atoms with van der Waals surface area (Å²) < 4.78 is 3.19. The maximum atomic E-state index is 12.7. The number of carbonyl (C=O) groups excluding carboxylic acids is 1. The lowest BCUT2D eigenvalue weighted by Gasteiger charge is -2.18. The molecule has 1 aromatic heterocycles. The van der Waals surface area contributed by atoms with Crippen molar-refractivity contribution in [3.05, 3.63) is 60.7 Å². The summed E-state index contributed by atoms with van der Waals surface area (Å²) in [6.45, 7) is 4.21. The van der Waals surface area contributed by atoms with E-state index in [1.54, 1.807) is 0 Å². The minimum Gasteiger partial charge on any atom is -0.384 e. The zero-order valence-corrected chi connectivity index (χ0v) is 17.4. The lowest BCUT2D eigenvalue weighted by atomic mass is 10.0. The Balaban J connectivity index is 2.28. The number of aromatic nitrogens is 2. The van der Waals surface area contributed by atoms with Gasteiger partial charge in [-0.3, -0.25) is 18.7 Å². The predicted octanol–water partition coefficient (Wildman–Crippen LogP) is 2.23. The van der Waals surface area contributed by atoms with E-state index in [-0.39, 0.29) is 24.0 Å². The van der Waals surface area contributed by atoms with Crippen LogP contribution in [0, 0.1) is 0 Å². The normalized spacial score (nSPS) is 12.1. The van der Waals surface area contributed by atoms with Crippen molar-refractivity contribution in [2.24, 2.45) is 7.05 Å². The first-order valence-electron chi connectivity index (χ1n) is 8.93. The van der Waals surface area contributed by atoms with Gasteiger partial charge in [0.1, 0.15) is 11.4 Å². The van der Waals surface area contributed by atoms with Crippen LogP contribution in [0.2, 0.25) is 0 Å². The summed E-state index contributed by atoms with van der Waals surface area (Å²) in [5.74, 6) is -0.484. The first kappa shape index (κ1) is 21.1. The molecule has 0 amide bonds. The number of Topliss-reactive ketones (excluding diaryl/α,β-unsaturated/α-hetero) is 1. The minimum absolute atomic E-state index is 0.0336. The van der Waals surface area contributed by atoms with Gasteiger partial charge in [-0.15, -0.1) is 0 Å². The Morgan fingerprint density at radius 3 is 2.41 bits per heavy atom. The fourth-order valence-electron chi connectivity index (χ4n) is 2.98. The van der Waals surface area contributed by atoms with Gasteiger partial charge < -0.3 is 11.1 Å². The molecule has 27 heavy (non-hydrogen) atoms. The average molecular weight is 437 g/mol. The molecule has 0 aliphatic rings. The van der Waals surface area contributed by atoms with Crippen molar-refractivity contribution in [2.45, 2.75) is 39.3 Å². The molecule has 0 spiro atoms. The maximum Gasteiger partial charge on any atom is 0.332 e. The SMILES string of the molecule is CCCn1c(N)c(C(=O)CN[C@H](CC)c2ccc(Br)cc2)c(=O)n(C)c1=O. The third-order valence-electron chi connectivity index (χ3n) is 4.50. The van der Waals surface area contributed by atoms with Crippen molar-refractivity contribution in [1.82, 2.24) is 14.5 Å². The number of halogens is 1. The van der Waals surface area contributed by atoms with E-state index < -0.39 is 17.0 Å². The third-order valence-corrected chi connectivity index (χ3v) is 5.03. The number of nitrogens with two attached hydrogens (primary N) is 1. The van der Waals surface area contributed by atoms with Crippen molar-refractivity contribution in [3.8, 4) is 0 Å². The summed E-state index contributed by atoms with van der Waals surface area (Å²) >= 11 is 3.40. The van der Waals surface area contributed by atoms with E-state index in [0.29, 0.717) is 13.0 Å². The van der Waals surface area contributed by atoms with E-state index in [1.807, 2.05) is 38.1 Å². The third kappa shape index (κ3) is 4.56. The molecule has 0 radical (unpaired) electrons. The highest BCUT2D eigenvalue weighted by molar-refractivity contribution is 9.10. The molecule has 2 aromatic rings. The van der Waals surface area contributed by atoms with Crippen LogP contribution in [-0.2, 0) is 13.6 Å². The van der Waals surface area contributed by atoms with Crippen LogP contribution in [0.3, 0.4) is 0 Å². The first-order chi connectivity index (χ1) is 12.8. The number of carbonyl (C=O) groups is 1. The molecule has 0 unspecified atom stereocenters. The number of benzene rings is 1. The summed E-state index contributed by atoms with van der Waals surface area (Å²) in [5, 5.41) is 3.19. The molecule has 0 aliphatic carbocycles. The smallest absolute Gasteiger partial charge is 0.332 e. The Morgan fingerprint density at radius 2 is 1.85 bits per heavy atom. The monoisotopic (exact) mass is 436 g/mol. The predicted molar refractivity (Wildman–Crippen MR) is 110 cm³/mol. The van der Waals surface area contributed by atoms with Gasteiger partial charge in [0.25, 0.3) is 5.56 Å². The van der Waals surface area contributed by atoms with E-state index in [0.717, 1.165) is 21.0 Å². The molecule has 0 saturated heterocycles. The lowest BCUT2D eigenvalue weighted by Crippen LogP contribution is -2.44. The van der Waals surface area contributed by atoms with Crippen molar-refractivity contribution >= 4 is 27.5 Å². The number of nitrogens with zero attached hydrogens (tertiary/aromatic N) is 2. The van der Waals surface area contributed by atoms with E-state index in [9.17, 15) is 14.4 Å². The van der Waals surface area contributed by atoms with Crippen molar-refractivity contribution < 1.29 is 4.79 Å². The van der Waals surface area contributed by atoms with Gasteiger partial charge in [-0.05, 0) is 30.5 Å². The van der Waals surface area contributed by atoms with E-state index in [2.05, 4.69) is 21.2 Å². The molecular weight excluding hydrogens is 412 g/mol. The topological polar surface area (TPSA) is 99.1 Å². The number of anilines is 1. The second-order valence-corrected chi connectivity index (χ2v) is 7.29. The Labute approximate surface area is 166 Å². The van der Waals surface area contributed by atoms with Gasteiger partial charge in [0, 0.05) is 24.1 Å². The molecule has 2 rings (SSSR count). The van der Waals surface area contributed by atoms with Crippen LogP contribution in [0.1, 0.15) is 48.7 Å². The number of hydrogen-bond acceptors (Lipinski definition) is 5. The molecule has 0 aliphatic heterocycles. The minimum atomic E-state index is -0.659. The molecule has 7 nitrogen and oxygen atoms in total. The molecule has 1 aromatic carbocycles. The molecule has 146 valence electrons. The fraction of sp³-hybridized carbons (Fsp3) is 0.421. The van der Waals surface area contributed by atoms with Gasteiger partial charge in [0.15, 0.2) is 5.78 Å². The molecule has 3 N–H and O–H groups in total. The van der Waals surface area contributed by atoms with Gasteiger partial charge in [-0.1, -0.05) is 41.9 Å². The summed E-state index contributed by atoms with van der Waals surface area (Å²) in [5.41, 5.74) is 5.75. The van der Waals surface area contributed by atoms with Crippen molar-refractivity contribution in [3.63, 3.8) is 0 Å². The van der Waals surface area contributed by atoms with E-state index in [1.165, 1.54) is 11.6 Å². The molecule has 1 atom stereocenters. The Hall–Kier alpha value is -2.19. The largest absolute Gasteiger partial charge is 0.384 e. The highest BCUT2D eigenvalue weighted by Gasteiger charge is 2.22. The van der Waals surface area contributed by atoms with Crippen LogP contribution in [0.4, 0.5) is 5.82 Å². The Morgan fingerprint density at radius 1 is 1.22 bits per heavy atom. The van der Waals surface area contributed by atoms with E-state index >= 15 is 0 Å². The average Bonchev–Trinajstić information content (AvgIpc) is 2.65. The number of nitrogen functional groups attached to an aromatic ring is 1. The molecule has 1 heterocycles. The molecular formula is C19H25BrN4O3. The van der Waals surface area contributed by atoms with Crippen LogP contribution < -0.4 is 22.3 Å². The van der Waals surface area contributed by atoms with Gasteiger partial charge in [-0.25, -0.2) is 4.79 Å².